The Bertz CT molecular complexity index is 114. The Labute approximate surface area is 82.6 Å². The lowest BCUT2D eigenvalue weighted by Gasteiger charge is -2.26. The lowest BCUT2D eigenvalue weighted by molar-refractivity contribution is -0.0290. The Kier molecular flexibility index (Phi) is 5.57. The molecule has 0 rings (SSSR count). The molecule has 78 valence electrons. The van der Waals surface area contributed by atoms with Crippen molar-refractivity contribution in [3.05, 3.63) is 13.8 Å². The van der Waals surface area contributed by atoms with E-state index < -0.39 is 0 Å². The van der Waals surface area contributed by atoms with Crippen molar-refractivity contribution in [3.8, 4) is 0 Å². The van der Waals surface area contributed by atoms with Crippen molar-refractivity contribution in [1.82, 2.24) is 0 Å². The van der Waals surface area contributed by atoms with Crippen molar-refractivity contribution >= 4 is 0 Å². The molecule has 0 saturated carbocycles. The van der Waals surface area contributed by atoms with E-state index in [2.05, 4.69) is 27.7 Å². The van der Waals surface area contributed by atoms with Crippen LogP contribution in [0.1, 0.15) is 27.7 Å². The van der Waals surface area contributed by atoms with Gasteiger partial charge in [-0.05, 0) is 27.7 Å². The fourth-order valence-electron chi connectivity index (χ4n) is 0.777. The van der Waals surface area contributed by atoms with Gasteiger partial charge >= 0.3 is 0 Å². The first-order valence-electron chi connectivity index (χ1n) is 4.73. The third-order valence-electron chi connectivity index (χ3n) is 1.52. The van der Waals surface area contributed by atoms with Crippen molar-refractivity contribution in [3.63, 3.8) is 0 Å². The van der Waals surface area contributed by atoms with E-state index in [0.29, 0.717) is 13.2 Å². The van der Waals surface area contributed by atoms with E-state index in [4.69, 9.17) is 9.47 Å². The van der Waals surface area contributed by atoms with Crippen LogP contribution in [0, 0.1) is 19.3 Å². The first kappa shape index (κ1) is 12.9. The predicted molar refractivity (Wildman–Crippen MR) is 55.3 cm³/mol. The molecule has 2 unspecified atom stereocenters. The maximum Gasteiger partial charge on any atom is 0.0548 e. The normalized spacial score (nSPS) is 12.9. The number of rotatable bonds is 6. The van der Waals surface area contributed by atoms with Gasteiger partial charge in [0, 0.05) is 5.41 Å². The highest BCUT2D eigenvalue weighted by Crippen LogP contribution is 2.17. The molecule has 0 saturated heterocycles. The summed E-state index contributed by atoms with van der Waals surface area (Å²) in [6, 6.07) is 0. The van der Waals surface area contributed by atoms with Crippen LogP contribution in [0.5, 0.6) is 0 Å². The lowest BCUT2D eigenvalue weighted by atomic mass is 9.96. The van der Waals surface area contributed by atoms with Gasteiger partial charge in [-0.1, -0.05) is 13.8 Å². The Balaban J connectivity index is 3.66. The van der Waals surface area contributed by atoms with Crippen molar-refractivity contribution in [2.75, 3.05) is 13.2 Å². The zero-order chi connectivity index (χ0) is 10.5. The van der Waals surface area contributed by atoms with Crippen LogP contribution >= 0.6 is 0 Å². The van der Waals surface area contributed by atoms with Gasteiger partial charge in [0.15, 0.2) is 0 Å². The Morgan fingerprint density at radius 3 is 1.54 bits per heavy atom. The average Bonchev–Trinajstić information content (AvgIpc) is 1.98. The summed E-state index contributed by atoms with van der Waals surface area (Å²) in [5.74, 6) is 0. The van der Waals surface area contributed by atoms with E-state index in [1.807, 2.05) is 13.8 Å². The molecule has 0 aromatic carbocycles. The van der Waals surface area contributed by atoms with Crippen LogP contribution in [0.4, 0.5) is 0 Å². The minimum atomic E-state index is 0.0384. The molecule has 0 aliphatic rings. The zero-order valence-corrected chi connectivity index (χ0v) is 9.30. The largest absolute Gasteiger partial charge is 0.378 e. The van der Waals surface area contributed by atoms with E-state index >= 15 is 0 Å². The molecule has 0 amide bonds. The van der Waals surface area contributed by atoms with Crippen LogP contribution in [-0.2, 0) is 9.47 Å². The average molecular weight is 186 g/mol. The van der Waals surface area contributed by atoms with Gasteiger partial charge in [0.25, 0.3) is 0 Å². The highest BCUT2D eigenvalue weighted by Gasteiger charge is 2.19. The monoisotopic (exact) mass is 186 g/mol. The standard InChI is InChI=1S/C11H22O2/c1-9(2)12-7-11(5,6)8-13-10(3)4/h9-10H,1,3,7-8H2,2,4-6H3. The van der Waals surface area contributed by atoms with Gasteiger partial charge in [0.1, 0.15) is 0 Å². The van der Waals surface area contributed by atoms with Crippen LogP contribution in [0.2, 0.25) is 0 Å². The molecule has 2 atom stereocenters. The van der Waals surface area contributed by atoms with E-state index in [-0.39, 0.29) is 17.6 Å². The highest BCUT2D eigenvalue weighted by molar-refractivity contribution is 4.69. The van der Waals surface area contributed by atoms with Gasteiger partial charge < -0.3 is 9.47 Å². The highest BCUT2D eigenvalue weighted by atomic mass is 16.5. The number of hydrogen-bond donors (Lipinski definition) is 0. The van der Waals surface area contributed by atoms with Crippen LogP contribution in [0.3, 0.4) is 0 Å². The third kappa shape index (κ3) is 8.26. The fraction of sp³-hybridized carbons (Fsp3) is 0.818. The maximum absolute atomic E-state index is 5.43. The molecule has 2 heteroatoms. The molecule has 0 aromatic rings. The van der Waals surface area contributed by atoms with Crippen molar-refractivity contribution in [1.29, 1.82) is 0 Å². The predicted octanol–water partition coefficient (Wildman–Crippen LogP) is 2.49. The SMILES string of the molecule is [CH2]C(C)OCC(C)(C)COC([CH2])C. The molecular weight excluding hydrogens is 164 g/mol. The lowest BCUT2D eigenvalue weighted by Crippen LogP contribution is -2.28. The molecule has 0 aliphatic heterocycles. The van der Waals surface area contributed by atoms with E-state index in [1.165, 1.54) is 0 Å². The third-order valence-corrected chi connectivity index (χ3v) is 1.52. The minimum absolute atomic E-state index is 0.0384. The molecule has 2 nitrogen and oxygen atoms in total. The summed E-state index contributed by atoms with van der Waals surface area (Å²) in [5, 5.41) is 0. The van der Waals surface area contributed by atoms with Crippen LogP contribution in [0.15, 0.2) is 0 Å². The molecule has 0 aliphatic carbocycles. The summed E-state index contributed by atoms with van der Waals surface area (Å²) in [4.78, 5) is 0. The molecular formula is C11H22O2. The summed E-state index contributed by atoms with van der Waals surface area (Å²) < 4.78 is 10.9. The van der Waals surface area contributed by atoms with Crippen molar-refractivity contribution in [2.24, 2.45) is 5.41 Å². The summed E-state index contributed by atoms with van der Waals surface area (Å²) in [6.45, 7) is 16.9. The summed E-state index contributed by atoms with van der Waals surface area (Å²) in [6.07, 6.45) is 0.0768. The zero-order valence-electron chi connectivity index (χ0n) is 9.30. The second kappa shape index (κ2) is 5.61. The van der Waals surface area contributed by atoms with Crippen LogP contribution in [0.25, 0.3) is 0 Å². The maximum atomic E-state index is 5.43. The van der Waals surface area contributed by atoms with E-state index in [0.717, 1.165) is 0 Å². The topological polar surface area (TPSA) is 18.5 Å². The summed E-state index contributed by atoms with van der Waals surface area (Å²) in [7, 11) is 0. The minimum Gasteiger partial charge on any atom is -0.378 e. The molecule has 0 N–H and O–H groups in total. The van der Waals surface area contributed by atoms with Gasteiger partial charge in [0.2, 0.25) is 0 Å². The van der Waals surface area contributed by atoms with Crippen LogP contribution in [-0.4, -0.2) is 25.4 Å². The second-order valence-electron chi connectivity index (χ2n) is 4.41. The van der Waals surface area contributed by atoms with Crippen LogP contribution < -0.4 is 0 Å². The van der Waals surface area contributed by atoms with Crippen molar-refractivity contribution < 1.29 is 9.47 Å². The van der Waals surface area contributed by atoms with E-state index in [9.17, 15) is 0 Å². The second-order valence-corrected chi connectivity index (χ2v) is 4.41. The van der Waals surface area contributed by atoms with Crippen molar-refractivity contribution in [2.45, 2.75) is 39.9 Å². The first-order chi connectivity index (χ1) is 5.83. The smallest absolute Gasteiger partial charge is 0.0548 e. The van der Waals surface area contributed by atoms with Gasteiger partial charge in [-0.2, -0.15) is 0 Å². The molecule has 0 bridgehead atoms. The molecule has 0 aromatic heterocycles. The Morgan fingerprint density at radius 2 is 1.31 bits per heavy atom. The number of hydrogen-bond acceptors (Lipinski definition) is 2. The summed E-state index contributed by atoms with van der Waals surface area (Å²) >= 11 is 0. The Hall–Kier alpha value is -0.0800. The van der Waals surface area contributed by atoms with Gasteiger partial charge in [-0.3, -0.25) is 0 Å². The van der Waals surface area contributed by atoms with Gasteiger partial charge in [-0.15, -0.1) is 0 Å². The molecule has 0 fully saturated rings. The number of ether oxygens (including phenoxy) is 2. The molecule has 2 radical (unpaired) electrons. The molecule has 0 heterocycles. The molecule has 0 spiro atoms. The van der Waals surface area contributed by atoms with Gasteiger partial charge in [-0.25, -0.2) is 0 Å². The Morgan fingerprint density at radius 1 is 1.00 bits per heavy atom. The summed E-state index contributed by atoms with van der Waals surface area (Å²) in [5.41, 5.74) is 0.0396. The van der Waals surface area contributed by atoms with E-state index in [1.54, 1.807) is 0 Å². The quantitative estimate of drug-likeness (QED) is 0.634. The molecule has 13 heavy (non-hydrogen) atoms. The fourth-order valence-corrected chi connectivity index (χ4v) is 0.777. The first-order valence-corrected chi connectivity index (χ1v) is 4.73. The van der Waals surface area contributed by atoms with Gasteiger partial charge in [0.05, 0.1) is 25.4 Å².